The molecule has 1 aliphatic carbocycles. The Morgan fingerprint density at radius 1 is 1.17 bits per heavy atom. The molecule has 24 heavy (non-hydrogen) atoms. The third-order valence-corrected chi connectivity index (χ3v) is 4.35. The van der Waals surface area contributed by atoms with Gasteiger partial charge in [0.25, 0.3) is 0 Å². The number of rotatable bonds is 3. The first kappa shape index (κ1) is 16.0. The van der Waals surface area contributed by atoms with Crippen molar-refractivity contribution in [2.45, 2.75) is 25.7 Å². The summed E-state index contributed by atoms with van der Waals surface area (Å²) in [7, 11) is 3.25. The second-order valence-corrected chi connectivity index (χ2v) is 5.72. The number of aromatic nitrogens is 2. The lowest BCUT2D eigenvalue weighted by Gasteiger charge is -2.28. The van der Waals surface area contributed by atoms with E-state index in [1.165, 1.54) is 0 Å². The molecule has 1 aliphatic rings. The van der Waals surface area contributed by atoms with Crippen LogP contribution in [0.25, 0.3) is 0 Å². The van der Waals surface area contributed by atoms with Crippen molar-refractivity contribution in [2.24, 2.45) is 5.16 Å². The number of benzene rings is 1. The number of ether oxygens (including phenoxy) is 2. The van der Waals surface area contributed by atoms with Gasteiger partial charge in [-0.05, 0) is 25.5 Å². The monoisotopic (exact) mass is 328 g/mol. The van der Waals surface area contributed by atoms with Crippen molar-refractivity contribution in [3.8, 4) is 11.5 Å². The largest absolute Gasteiger partial charge is 0.496 e. The van der Waals surface area contributed by atoms with E-state index in [4.69, 9.17) is 15.2 Å². The highest BCUT2D eigenvalue weighted by Gasteiger charge is 2.32. The summed E-state index contributed by atoms with van der Waals surface area (Å²) in [5.41, 5.74) is 9.54. The smallest absolute Gasteiger partial charge is 0.220 e. The maximum absolute atomic E-state index is 9.49. The number of methoxy groups -OCH3 is 2. The molecule has 7 heteroatoms. The lowest BCUT2D eigenvalue weighted by atomic mass is 9.80. The minimum absolute atomic E-state index is 0.00296. The van der Waals surface area contributed by atoms with Gasteiger partial charge >= 0.3 is 0 Å². The molecule has 1 unspecified atom stereocenters. The van der Waals surface area contributed by atoms with Gasteiger partial charge in [-0.25, -0.2) is 9.97 Å². The summed E-state index contributed by atoms with van der Waals surface area (Å²) in [6.07, 6.45) is 1.17. The van der Waals surface area contributed by atoms with E-state index in [2.05, 4.69) is 15.1 Å². The summed E-state index contributed by atoms with van der Waals surface area (Å²) < 4.78 is 11.0. The van der Waals surface area contributed by atoms with E-state index in [0.717, 1.165) is 34.0 Å². The highest BCUT2D eigenvalue weighted by Crippen LogP contribution is 2.42. The molecule has 0 radical (unpaired) electrons. The molecular weight excluding hydrogens is 308 g/mol. The zero-order valence-corrected chi connectivity index (χ0v) is 13.9. The van der Waals surface area contributed by atoms with Crippen LogP contribution in [0.5, 0.6) is 11.5 Å². The molecule has 0 saturated heterocycles. The van der Waals surface area contributed by atoms with Crippen molar-refractivity contribution >= 4 is 11.7 Å². The minimum Gasteiger partial charge on any atom is -0.496 e. The van der Waals surface area contributed by atoms with Crippen LogP contribution in [-0.4, -0.2) is 35.1 Å². The summed E-state index contributed by atoms with van der Waals surface area (Å²) in [4.78, 5) is 8.53. The van der Waals surface area contributed by atoms with Gasteiger partial charge in [-0.2, -0.15) is 0 Å². The molecule has 1 heterocycles. The molecule has 0 aliphatic heterocycles. The molecule has 0 fully saturated rings. The Morgan fingerprint density at radius 3 is 2.42 bits per heavy atom. The van der Waals surface area contributed by atoms with Crippen molar-refractivity contribution in [1.29, 1.82) is 0 Å². The van der Waals surface area contributed by atoms with Gasteiger partial charge in [-0.15, -0.1) is 0 Å². The Morgan fingerprint density at radius 2 is 1.83 bits per heavy atom. The highest BCUT2D eigenvalue weighted by atomic mass is 16.5. The van der Waals surface area contributed by atoms with Crippen molar-refractivity contribution in [3.63, 3.8) is 0 Å². The fourth-order valence-electron chi connectivity index (χ4n) is 3.40. The molecule has 126 valence electrons. The second kappa shape index (κ2) is 6.35. The van der Waals surface area contributed by atoms with Gasteiger partial charge in [-0.1, -0.05) is 11.2 Å². The quantitative estimate of drug-likeness (QED) is 0.662. The van der Waals surface area contributed by atoms with Crippen LogP contribution < -0.4 is 15.2 Å². The van der Waals surface area contributed by atoms with Crippen LogP contribution >= 0.6 is 0 Å². The molecule has 1 aromatic carbocycles. The molecule has 3 rings (SSSR count). The average molecular weight is 328 g/mol. The number of oxime groups is 1. The molecule has 0 amide bonds. The van der Waals surface area contributed by atoms with E-state index in [1.807, 2.05) is 25.1 Å². The zero-order chi connectivity index (χ0) is 17.3. The topological polar surface area (TPSA) is 103 Å². The standard InChI is InChI=1S/C17H20N4O3/c1-9-15-11(20-17(18)19-9)7-10(8-12(15)21-22)16-13(23-2)5-4-6-14(16)24-3/h4-6,10,22H,7-8H2,1-3H3,(H2,18,19,20)/b21-12+. The van der Waals surface area contributed by atoms with Crippen molar-refractivity contribution in [2.75, 3.05) is 20.0 Å². The van der Waals surface area contributed by atoms with Crippen molar-refractivity contribution < 1.29 is 14.7 Å². The fourth-order valence-corrected chi connectivity index (χ4v) is 3.40. The lowest BCUT2D eigenvalue weighted by molar-refractivity contribution is 0.316. The van der Waals surface area contributed by atoms with E-state index in [0.29, 0.717) is 18.6 Å². The van der Waals surface area contributed by atoms with Crippen LogP contribution in [-0.2, 0) is 6.42 Å². The number of hydrogen-bond acceptors (Lipinski definition) is 7. The number of nitrogens with two attached hydrogens (primary N) is 1. The fraction of sp³-hybridized carbons (Fsp3) is 0.353. The van der Waals surface area contributed by atoms with Crippen molar-refractivity contribution in [1.82, 2.24) is 9.97 Å². The van der Waals surface area contributed by atoms with Crippen LogP contribution in [0, 0.1) is 6.92 Å². The second-order valence-electron chi connectivity index (χ2n) is 5.72. The molecule has 1 aromatic heterocycles. The molecular formula is C17H20N4O3. The summed E-state index contributed by atoms with van der Waals surface area (Å²) in [5.74, 6) is 1.69. The minimum atomic E-state index is 0.00296. The number of anilines is 1. The molecule has 0 bridgehead atoms. The van der Waals surface area contributed by atoms with E-state index >= 15 is 0 Å². The average Bonchev–Trinajstić information content (AvgIpc) is 2.59. The van der Waals surface area contributed by atoms with E-state index in [1.54, 1.807) is 14.2 Å². The first-order chi connectivity index (χ1) is 11.6. The van der Waals surface area contributed by atoms with Crippen molar-refractivity contribution in [3.05, 3.63) is 40.7 Å². The van der Waals surface area contributed by atoms with Gasteiger partial charge in [0.2, 0.25) is 5.95 Å². The Balaban J connectivity index is 2.13. The Bertz CT molecular complexity index is 782. The molecule has 3 N–H and O–H groups in total. The van der Waals surface area contributed by atoms with Gasteiger partial charge in [0.1, 0.15) is 11.5 Å². The molecule has 0 saturated carbocycles. The first-order valence-electron chi connectivity index (χ1n) is 7.64. The van der Waals surface area contributed by atoms with Crippen LogP contribution in [0.15, 0.2) is 23.4 Å². The number of nitrogen functional groups attached to an aromatic ring is 1. The lowest BCUT2D eigenvalue weighted by Crippen LogP contribution is -2.24. The van der Waals surface area contributed by atoms with E-state index < -0.39 is 0 Å². The number of nitrogens with zero attached hydrogens (tertiary/aromatic N) is 3. The number of fused-ring (bicyclic) bond motifs is 1. The van der Waals surface area contributed by atoms with Crippen LogP contribution in [0.1, 0.15) is 34.9 Å². The van der Waals surface area contributed by atoms with Crippen LogP contribution in [0.4, 0.5) is 5.95 Å². The third-order valence-electron chi connectivity index (χ3n) is 4.35. The maximum Gasteiger partial charge on any atom is 0.220 e. The molecule has 0 spiro atoms. The molecule has 1 atom stereocenters. The Hall–Kier alpha value is -2.83. The number of aryl methyl sites for hydroxylation is 1. The third kappa shape index (κ3) is 2.62. The van der Waals surface area contributed by atoms with Gasteiger partial charge in [0, 0.05) is 23.5 Å². The van der Waals surface area contributed by atoms with Gasteiger partial charge in [0.15, 0.2) is 0 Å². The predicted molar refractivity (Wildman–Crippen MR) is 90.1 cm³/mol. The van der Waals surface area contributed by atoms with Crippen LogP contribution in [0.2, 0.25) is 0 Å². The summed E-state index contributed by atoms with van der Waals surface area (Å²) in [6.45, 7) is 1.84. The van der Waals surface area contributed by atoms with Gasteiger partial charge in [-0.3, -0.25) is 0 Å². The SMILES string of the molecule is COc1cccc(OC)c1C1C/C(=N\O)c2c(C)nc(N)nc2C1. The Kier molecular flexibility index (Phi) is 4.24. The molecule has 2 aromatic rings. The zero-order valence-electron chi connectivity index (χ0n) is 13.9. The summed E-state index contributed by atoms with van der Waals surface area (Å²) in [5, 5.41) is 13.0. The normalized spacial score (nSPS) is 18.3. The summed E-state index contributed by atoms with van der Waals surface area (Å²) in [6, 6.07) is 5.66. The van der Waals surface area contributed by atoms with E-state index in [9.17, 15) is 5.21 Å². The van der Waals surface area contributed by atoms with Gasteiger partial charge < -0.3 is 20.4 Å². The number of hydrogen-bond donors (Lipinski definition) is 2. The predicted octanol–water partition coefficient (Wildman–Crippen LogP) is 2.29. The Labute approximate surface area is 140 Å². The van der Waals surface area contributed by atoms with Crippen LogP contribution in [0.3, 0.4) is 0 Å². The van der Waals surface area contributed by atoms with Gasteiger partial charge in [0.05, 0.1) is 31.3 Å². The highest BCUT2D eigenvalue weighted by molar-refractivity contribution is 6.03. The first-order valence-corrected chi connectivity index (χ1v) is 7.64. The van der Waals surface area contributed by atoms with E-state index in [-0.39, 0.29) is 11.9 Å². The maximum atomic E-state index is 9.49. The molecule has 7 nitrogen and oxygen atoms in total. The summed E-state index contributed by atoms with van der Waals surface area (Å²) >= 11 is 0.